The van der Waals surface area contributed by atoms with Crippen LogP contribution >= 0.6 is 0 Å². The Morgan fingerprint density at radius 3 is 1.20 bits per heavy atom. The van der Waals surface area contributed by atoms with E-state index in [-0.39, 0.29) is 0 Å². The maximum atomic E-state index is 2.58. The SMILES string of the molecule is CC(C)N(C(C)C)[CH](C)[GeH3]. The summed E-state index contributed by atoms with van der Waals surface area (Å²) in [5.74, 6) is 0. The van der Waals surface area contributed by atoms with Gasteiger partial charge >= 0.3 is 73.0 Å². The van der Waals surface area contributed by atoms with Crippen molar-refractivity contribution in [3.63, 3.8) is 0 Å². The Balaban J connectivity index is 3.98. The van der Waals surface area contributed by atoms with Gasteiger partial charge < -0.3 is 0 Å². The number of rotatable bonds is 3. The van der Waals surface area contributed by atoms with Crippen LogP contribution in [0.25, 0.3) is 0 Å². The molecule has 0 saturated carbocycles. The maximum absolute atomic E-state index is 2.58. The summed E-state index contributed by atoms with van der Waals surface area (Å²) in [5, 5.41) is 0. The first-order chi connectivity index (χ1) is 4.46. The van der Waals surface area contributed by atoms with Crippen LogP contribution in [0.2, 0.25) is 0 Å². The standard InChI is InChI=1S/C8H21GeN/c1-6(2)10(7(3)4)8(5)9/h6-8H,1-5,9H3. The van der Waals surface area contributed by atoms with Gasteiger partial charge in [0.15, 0.2) is 0 Å². The Morgan fingerprint density at radius 1 is 0.900 bits per heavy atom. The summed E-state index contributed by atoms with van der Waals surface area (Å²) in [6, 6.07) is 1.43. The fourth-order valence-electron chi connectivity index (χ4n) is 1.79. The molecule has 62 valence electrons. The van der Waals surface area contributed by atoms with E-state index in [1.165, 1.54) is 0 Å². The molecule has 0 N–H and O–H groups in total. The van der Waals surface area contributed by atoms with Crippen LogP contribution in [0.4, 0.5) is 0 Å². The summed E-state index contributed by atoms with van der Waals surface area (Å²) in [6.07, 6.45) is 0. The normalized spacial score (nSPS) is 15.6. The molecular formula is C8H21GeN. The van der Waals surface area contributed by atoms with Gasteiger partial charge in [-0.25, -0.2) is 0 Å². The fraction of sp³-hybridized carbons (Fsp3) is 1.00. The third-order valence-electron chi connectivity index (χ3n) is 1.79. The van der Waals surface area contributed by atoms with Crippen molar-refractivity contribution in [2.45, 2.75) is 51.6 Å². The van der Waals surface area contributed by atoms with Gasteiger partial charge in [0, 0.05) is 0 Å². The monoisotopic (exact) mass is 205 g/mol. The van der Waals surface area contributed by atoms with E-state index in [0.717, 1.165) is 21.4 Å². The third kappa shape index (κ3) is 3.06. The Bertz CT molecular complexity index is 70.2. The number of nitrogens with zero attached hydrogens (tertiary/aromatic N) is 1. The summed E-state index contributed by atoms with van der Waals surface area (Å²) in [4.78, 5) is 3.44. The zero-order valence-electron chi connectivity index (χ0n) is 8.18. The second-order valence-corrected chi connectivity index (χ2v) is 7.23. The molecule has 0 fully saturated rings. The van der Waals surface area contributed by atoms with E-state index >= 15 is 0 Å². The first-order valence-corrected chi connectivity index (χ1v) is 6.66. The molecule has 2 heteroatoms. The van der Waals surface area contributed by atoms with Crippen LogP contribution in [-0.2, 0) is 0 Å². The molecule has 0 aliphatic heterocycles. The Hall–Kier alpha value is 0.503. The molecule has 0 aromatic heterocycles. The van der Waals surface area contributed by atoms with Crippen LogP contribution in [0.5, 0.6) is 0 Å². The van der Waals surface area contributed by atoms with Gasteiger partial charge in [-0.2, -0.15) is 0 Å². The van der Waals surface area contributed by atoms with E-state index in [1.54, 1.807) is 0 Å². The van der Waals surface area contributed by atoms with Crippen LogP contribution in [-0.4, -0.2) is 38.4 Å². The molecule has 1 atom stereocenters. The molecule has 0 saturated heterocycles. The molecule has 0 bridgehead atoms. The summed E-state index contributed by atoms with van der Waals surface area (Å²) in [7, 11) is 0. The van der Waals surface area contributed by atoms with Crippen molar-refractivity contribution >= 4 is 16.5 Å². The molecule has 1 unspecified atom stereocenters. The Morgan fingerprint density at radius 2 is 1.20 bits per heavy atom. The molecular weight excluding hydrogens is 183 g/mol. The van der Waals surface area contributed by atoms with E-state index < -0.39 is 0 Å². The van der Waals surface area contributed by atoms with Crippen LogP contribution in [0.1, 0.15) is 34.6 Å². The number of hydrogen-bond donors (Lipinski definition) is 0. The van der Waals surface area contributed by atoms with Gasteiger partial charge in [-0.1, -0.05) is 0 Å². The molecule has 1 nitrogen and oxygen atoms in total. The first-order valence-electron chi connectivity index (χ1n) is 4.24. The number of hydrogen-bond acceptors (Lipinski definition) is 1. The average molecular weight is 204 g/mol. The Labute approximate surface area is 73.4 Å². The predicted molar refractivity (Wildman–Crippen MR) is 51.5 cm³/mol. The van der Waals surface area contributed by atoms with Crippen molar-refractivity contribution in [1.29, 1.82) is 0 Å². The second kappa shape index (κ2) is 4.40. The van der Waals surface area contributed by atoms with Gasteiger partial charge in [0.05, 0.1) is 0 Å². The van der Waals surface area contributed by atoms with Crippen molar-refractivity contribution < 1.29 is 0 Å². The van der Waals surface area contributed by atoms with Crippen molar-refractivity contribution in [3.8, 4) is 0 Å². The minimum absolute atomic E-state index is 0.714. The van der Waals surface area contributed by atoms with Crippen molar-refractivity contribution in [3.05, 3.63) is 0 Å². The topological polar surface area (TPSA) is 3.24 Å². The van der Waals surface area contributed by atoms with Crippen LogP contribution in [0.15, 0.2) is 0 Å². The summed E-state index contributed by atoms with van der Waals surface area (Å²) in [6.45, 7) is 11.5. The van der Waals surface area contributed by atoms with E-state index in [0.29, 0.717) is 12.1 Å². The van der Waals surface area contributed by atoms with Crippen molar-refractivity contribution in [2.24, 2.45) is 0 Å². The van der Waals surface area contributed by atoms with Crippen LogP contribution in [0, 0.1) is 0 Å². The molecule has 0 radical (unpaired) electrons. The molecule has 0 heterocycles. The summed E-state index contributed by atoms with van der Waals surface area (Å²) in [5.41, 5.74) is 0. The molecule has 0 aliphatic rings. The molecule has 10 heavy (non-hydrogen) atoms. The van der Waals surface area contributed by atoms with Crippen molar-refractivity contribution in [2.75, 3.05) is 0 Å². The molecule has 0 aromatic carbocycles. The molecule has 0 rings (SSSR count). The zero-order valence-corrected chi connectivity index (χ0v) is 12.4. The van der Waals surface area contributed by atoms with E-state index in [4.69, 9.17) is 0 Å². The van der Waals surface area contributed by atoms with E-state index in [2.05, 4.69) is 39.5 Å². The summed E-state index contributed by atoms with van der Waals surface area (Å²) < 4.78 is 0. The Kier molecular flexibility index (Phi) is 4.62. The second-order valence-electron chi connectivity index (χ2n) is 3.73. The van der Waals surface area contributed by atoms with Gasteiger partial charge in [0.2, 0.25) is 0 Å². The van der Waals surface area contributed by atoms with Crippen molar-refractivity contribution in [1.82, 2.24) is 4.90 Å². The molecule has 0 aliphatic carbocycles. The molecule has 0 aromatic rings. The molecule has 0 spiro atoms. The first kappa shape index (κ1) is 10.5. The van der Waals surface area contributed by atoms with Gasteiger partial charge in [-0.05, 0) is 0 Å². The fourth-order valence-corrected chi connectivity index (χ4v) is 4.29. The van der Waals surface area contributed by atoms with Gasteiger partial charge in [-0.3, -0.25) is 0 Å². The van der Waals surface area contributed by atoms with Crippen LogP contribution < -0.4 is 0 Å². The van der Waals surface area contributed by atoms with E-state index in [9.17, 15) is 0 Å². The van der Waals surface area contributed by atoms with Gasteiger partial charge in [0.1, 0.15) is 0 Å². The third-order valence-corrected chi connectivity index (χ3v) is 3.04. The zero-order chi connectivity index (χ0) is 8.31. The minimum atomic E-state index is 0.714. The average Bonchev–Trinajstić information content (AvgIpc) is 1.59. The summed E-state index contributed by atoms with van der Waals surface area (Å²) >= 11 is 0.932. The van der Waals surface area contributed by atoms with Gasteiger partial charge in [0.25, 0.3) is 0 Å². The van der Waals surface area contributed by atoms with E-state index in [1.807, 2.05) is 0 Å². The van der Waals surface area contributed by atoms with Crippen LogP contribution in [0.3, 0.4) is 0 Å². The quantitative estimate of drug-likeness (QED) is 0.615. The molecule has 0 amide bonds. The van der Waals surface area contributed by atoms with Gasteiger partial charge in [-0.15, -0.1) is 0 Å². The predicted octanol–water partition coefficient (Wildman–Crippen LogP) is 0.817.